The molecule has 0 aliphatic rings. The number of benzene rings is 1. The minimum Gasteiger partial charge on any atom is -0.496 e. The van der Waals surface area contributed by atoms with Gasteiger partial charge in [0.25, 0.3) is 6.43 Å². The van der Waals surface area contributed by atoms with Gasteiger partial charge >= 0.3 is 0 Å². The first-order valence-electron chi connectivity index (χ1n) is 5.34. The third kappa shape index (κ3) is 2.81. The zero-order chi connectivity index (χ0) is 13.7. The van der Waals surface area contributed by atoms with Gasteiger partial charge in [0.2, 0.25) is 0 Å². The van der Waals surface area contributed by atoms with Crippen LogP contribution in [0.2, 0.25) is 0 Å². The summed E-state index contributed by atoms with van der Waals surface area (Å²) in [6.07, 6.45) is -2.55. The van der Waals surface area contributed by atoms with Crippen LogP contribution in [0.15, 0.2) is 12.1 Å². The Labute approximate surface area is 105 Å². The molecule has 0 saturated heterocycles. The molecule has 1 unspecified atom stereocenters. The lowest BCUT2D eigenvalue weighted by Gasteiger charge is -2.20. The lowest BCUT2D eigenvalue weighted by molar-refractivity contribution is 0.101. The van der Waals surface area contributed by atoms with Crippen LogP contribution in [0.5, 0.6) is 17.2 Å². The Kier molecular flexibility index (Phi) is 5.15. The quantitative estimate of drug-likeness (QED) is 0.852. The highest BCUT2D eigenvalue weighted by Gasteiger charge is 2.25. The summed E-state index contributed by atoms with van der Waals surface area (Å²) >= 11 is 0. The van der Waals surface area contributed by atoms with E-state index >= 15 is 0 Å². The highest BCUT2D eigenvalue weighted by molar-refractivity contribution is 5.52. The van der Waals surface area contributed by atoms with Gasteiger partial charge in [0.05, 0.1) is 27.4 Å². The van der Waals surface area contributed by atoms with Crippen molar-refractivity contribution >= 4 is 0 Å². The van der Waals surface area contributed by atoms with E-state index in [1.54, 1.807) is 0 Å². The molecular formula is C12H17F2NO3. The van der Waals surface area contributed by atoms with Gasteiger partial charge in [0.15, 0.2) is 11.5 Å². The summed E-state index contributed by atoms with van der Waals surface area (Å²) in [6.45, 7) is 0. The number of hydrogen-bond donors (Lipinski definition) is 1. The van der Waals surface area contributed by atoms with Crippen molar-refractivity contribution in [2.45, 2.75) is 12.5 Å². The van der Waals surface area contributed by atoms with E-state index in [0.29, 0.717) is 22.8 Å². The number of rotatable bonds is 6. The molecule has 0 radical (unpaired) electrons. The molecule has 1 atom stereocenters. The third-order valence-electron chi connectivity index (χ3n) is 2.63. The molecule has 0 aromatic heterocycles. The Balaban J connectivity index is 3.32. The van der Waals surface area contributed by atoms with Crippen LogP contribution in [0, 0.1) is 0 Å². The molecule has 0 spiro atoms. The highest BCUT2D eigenvalue weighted by atomic mass is 19.3. The number of methoxy groups -OCH3 is 3. The standard InChI is InChI=1S/C12H17F2NO3/c1-15-11(12(13)14)7-5-9(17-3)10(18-4)6-8(7)16-2/h5-6,11-12,15H,1-4H3. The van der Waals surface area contributed by atoms with Gasteiger partial charge in [-0.3, -0.25) is 0 Å². The van der Waals surface area contributed by atoms with Gasteiger partial charge in [0.1, 0.15) is 5.75 Å². The van der Waals surface area contributed by atoms with Gasteiger partial charge in [-0.15, -0.1) is 0 Å². The van der Waals surface area contributed by atoms with Gasteiger partial charge in [-0.25, -0.2) is 8.78 Å². The highest BCUT2D eigenvalue weighted by Crippen LogP contribution is 2.38. The molecule has 4 nitrogen and oxygen atoms in total. The van der Waals surface area contributed by atoms with Gasteiger partial charge < -0.3 is 19.5 Å². The van der Waals surface area contributed by atoms with Crippen LogP contribution in [0.4, 0.5) is 8.78 Å². The van der Waals surface area contributed by atoms with Crippen molar-refractivity contribution in [2.75, 3.05) is 28.4 Å². The molecule has 0 fully saturated rings. The van der Waals surface area contributed by atoms with Crippen LogP contribution in [0.1, 0.15) is 11.6 Å². The van der Waals surface area contributed by atoms with E-state index in [0.717, 1.165) is 0 Å². The van der Waals surface area contributed by atoms with Crippen molar-refractivity contribution in [3.8, 4) is 17.2 Å². The molecular weight excluding hydrogens is 244 g/mol. The summed E-state index contributed by atoms with van der Waals surface area (Å²) in [5.41, 5.74) is 0.327. The molecule has 1 aromatic rings. The van der Waals surface area contributed by atoms with Crippen LogP contribution < -0.4 is 19.5 Å². The predicted octanol–water partition coefficient (Wildman–Crippen LogP) is 2.24. The second kappa shape index (κ2) is 6.39. The van der Waals surface area contributed by atoms with Gasteiger partial charge in [-0.05, 0) is 13.1 Å². The predicted molar refractivity (Wildman–Crippen MR) is 63.9 cm³/mol. The van der Waals surface area contributed by atoms with Crippen molar-refractivity contribution in [3.05, 3.63) is 17.7 Å². The van der Waals surface area contributed by atoms with Gasteiger partial charge in [0, 0.05) is 11.6 Å². The van der Waals surface area contributed by atoms with Crippen LogP contribution in [0.3, 0.4) is 0 Å². The summed E-state index contributed by atoms with van der Waals surface area (Å²) in [4.78, 5) is 0. The minimum absolute atomic E-state index is 0.326. The minimum atomic E-state index is -2.55. The molecule has 1 rings (SSSR count). The third-order valence-corrected chi connectivity index (χ3v) is 2.63. The Hall–Kier alpha value is -1.56. The van der Waals surface area contributed by atoms with E-state index < -0.39 is 12.5 Å². The van der Waals surface area contributed by atoms with Crippen LogP contribution >= 0.6 is 0 Å². The lowest BCUT2D eigenvalue weighted by atomic mass is 10.1. The Morgan fingerprint density at radius 3 is 1.83 bits per heavy atom. The molecule has 0 aliphatic heterocycles. The van der Waals surface area contributed by atoms with Crippen molar-refractivity contribution in [1.29, 1.82) is 0 Å². The summed E-state index contributed by atoms with van der Waals surface area (Å²) < 4.78 is 41.2. The maximum absolute atomic E-state index is 12.9. The fourth-order valence-corrected chi connectivity index (χ4v) is 1.71. The second-order valence-corrected chi connectivity index (χ2v) is 3.55. The fraction of sp³-hybridized carbons (Fsp3) is 0.500. The normalized spacial score (nSPS) is 12.4. The summed E-state index contributed by atoms with van der Waals surface area (Å²) in [5, 5.41) is 2.55. The van der Waals surface area contributed by atoms with Gasteiger partial charge in [-0.2, -0.15) is 0 Å². The molecule has 0 bridgehead atoms. The van der Waals surface area contributed by atoms with E-state index in [1.807, 2.05) is 0 Å². The number of nitrogens with one attached hydrogen (secondary N) is 1. The molecule has 0 saturated carbocycles. The summed E-state index contributed by atoms with van der Waals surface area (Å²) in [7, 11) is 5.81. The summed E-state index contributed by atoms with van der Waals surface area (Å²) in [5.74, 6) is 1.14. The largest absolute Gasteiger partial charge is 0.496 e. The molecule has 1 N–H and O–H groups in total. The molecule has 0 aliphatic carbocycles. The average molecular weight is 261 g/mol. The molecule has 1 aromatic carbocycles. The zero-order valence-corrected chi connectivity index (χ0v) is 10.8. The maximum Gasteiger partial charge on any atom is 0.257 e. The van der Waals surface area contributed by atoms with Crippen molar-refractivity contribution in [3.63, 3.8) is 0 Å². The van der Waals surface area contributed by atoms with E-state index in [-0.39, 0.29) is 0 Å². The van der Waals surface area contributed by atoms with E-state index in [4.69, 9.17) is 14.2 Å². The zero-order valence-electron chi connectivity index (χ0n) is 10.8. The SMILES string of the molecule is CNC(c1cc(OC)c(OC)cc1OC)C(F)F. The number of hydrogen-bond acceptors (Lipinski definition) is 4. The number of halogens is 2. The first-order valence-corrected chi connectivity index (χ1v) is 5.34. The first kappa shape index (κ1) is 14.5. The molecule has 18 heavy (non-hydrogen) atoms. The van der Waals surface area contributed by atoms with Crippen LogP contribution in [-0.4, -0.2) is 34.8 Å². The Morgan fingerprint density at radius 1 is 0.944 bits per heavy atom. The monoisotopic (exact) mass is 261 g/mol. The average Bonchev–Trinajstić information content (AvgIpc) is 2.38. The van der Waals surface area contributed by atoms with Crippen LogP contribution in [-0.2, 0) is 0 Å². The number of ether oxygens (including phenoxy) is 3. The lowest BCUT2D eigenvalue weighted by Crippen LogP contribution is -2.24. The summed E-state index contributed by atoms with van der Waals surface area (Å²) in [6, 6.07) is 1.89. The van der Waals surface area contributed by atoms with Gasteiger partial charge in [-0.1, -0.05) is 0 Å². The van der Waals surface area contributed by atoms with Crippen molar-refractivity contribution < 1.29 is 23.0 Å². The molecule has 102 valence electrons. The van der Waals surface area contributed by atoms with Crippen molar-refractivity contribution in [2.24, 2.45) is 0 Å². The second-order valence-electron chi connectivity index (χ2n) is 3.55. The van der Waals surface area contributed by atoms with E-state index in [2.05, 4.69) is 5.32 Å². The topological polar surface area (TPSA) is 39.7 Å². The molecule has 6 heteroatoms. The number of alkyl halides is 2. The first-order chi connectivity index (χ1) is 8.58. The Morgan fingerprint density at radius 2 is 1.44 bits per heavy atom. The van der Waals surface area contributed by atoms with Crippen LogP contribution in [0.25, 0.3) is 0 Å². The molecule has 0 amide bonds. The van der Waals surface area contributed by atoms with E-state index in [1.165, 1.54) is 40.5 Å². The Bertz CT molecular complexity index is 399. The van der Waals surface area contributed by atoms with E-state index in [9.17, 15) is 8.78 Å². The smallest absolute Gasteiger partial charge is 0.257 e. The fourth-order valence-electron chi connectivity index (χ4n) is 1.71. The maximum atomic E-state index is 12.9. The molecule has 0 heterocycles. The van der Waals surface area contributed by atoms with Crippen molar-refractivity contribution in [1.82, 2.24) is 5.32 Å².